The quantitative estimate of drug-likeness (QED) is 0.657. The van der Waals surface area contributed by atoms with Gasteiger partial charge in [0.1, 0.15) is 0 Å². The standard InChI is InChI=1S/C22H28N2O3/c25-20-9-8-18(15-21(20)26)16-22(27)23-19-10-13-24(14-11-19)12-4-7-17-5-2-1-3-6-17/h1-3,5-6,8-9,15,19,25-26H,4,7,10-14,16H2,(H,23,27). The molecule has 3 rings (SSSR count). The molecule has 27 heavy (non-hydrogen) atoms. The van der Waals surface area contributed by atoms with Crippen LogP contribution in [0.2, 0.25) is 0 Å². The largest absolute Gasteiger partial charge is 0.504 e. The zero-order chi connectivity index (χ0) is 19.1. The van der Waals surface area contributed by atoms with Crippen molar-refractivity contribution in [1.29, 1.82) is 0 Å². The van der Waals surface area contributed by atoms with Crippen LogP contribution in [0.1, 0.15) is 30.4 Å². The molecule has 0 aromatic heterocycles. The molecule has 0 spiro atoms. The van der Waals surface area contributed by atoms with Crippen molar-refractivity contribution in [1.82, 2.24) is 10.2 Å². The van der Waals surface area contributed by atoms with Crippen molar-refractivity contribution in [2.24, 2.45) is 0 Å². The molecular weight excluding hydrogens is 340 g/mol. The van der Waals surface area contributed by atoms with E-state index in [1.54, 1.807) is 6.07 Å². The minimum absolute atomic E-state index is 0.0392. The summed E-state index contributed by atoms with van der Waals surface area (Å²) in [7, 11) is 0. The van der Waals surface area contributed by atoms with Gasteiger partial charge in [-0.15, -0.1) is 0 Å². The molecule has 0 unspecified atom stereocenters. The van der Waals surface area contributed by atoms with Crippen molar-refractivity contribution in [2.45, 2.75) is 38.1 Å². The van der Waals surface area contributed by atoms with Crippen LogP contribution in [-0.4, -0.2) is 46.7 Å². The minimum atomic E-state index is -0.191. The monoisotopic (exact) mass is 368 g/mol. The molecule has 144 valence electrons. The molecule has 1 saturated heterocycles. The maximum atomic E-state index is 12.2. The predicted molar refractivity (Wildman–Crippen MR) is 106 cm³/mol. The first-order valence-electron chi connectivity index (χ1n) is 9.66. The topological polar surface area (TPSA) is 72.8 Å². The highest BCUT2D eigenvalue weighted by molar-refractivity contribution is 5.79. The highest BCUT2D eigenvalue weighted by Gasteiger charge is 2.20. The van der Waals surface area contributed by atoms with Crippen LogP contribution in [0.15, 0.2) is 48.5 Å². The van der Waals surface area contributed by atoms with Crippen LogP contribution in [-0.2, 0) is 17.6 Å². The normalized spacial score (nSPS) is 15.6. The van der Waals surface area contributed by atoms with E-state index in [0.717, 1.165) is 45.3 Å². The minimum Gasteiger partial charge on any atom is -0.504 e. The Morgan fingerprint density at radius 1 is 1.00 bits per heavy atom. The third kappa shape index (κ3) is 6.00. The van der Waals surface area contributed by atoms with Crippen LogP contribution in [0.5, 0.6) is 11.5 Å². The highest BCUT2D eigenvalue weighted by Crippen LogP contribution is 2.25. The van der Waals surface area contributed by atoms with Crippen molar-refractivity contribution >= 4 is 5.91 Å². The van der Waals surface area contributed by atoms with Gasteiger partial charge in [-0.1, -0.05) is 36.4 Å². The first-order chi connectivity index (χ1) is 13.1. The van der Waals surface area contributed by atoms with Gasteiger partial charge >= 0.3 is 0 Å². The van der Waals surface area contributed by atoms with E-state index >= 15 is 0 Å². The maximum absolute atomic E-state index is 12.2. The molecule has 1 aliphatic heterocycles. The third-order valence-corrected chi connectivity index (χ3v) is 5.14. The molecular formula is C22H28N2O3. The fourth-order valence-electron chi connectivity index (χ4n) is 3.60. The van der Waals surface area contributed by atoms with Gasteiger partial charge in [0, 0.05) is 19.1 Å². The molecule has 0 atom stereocenters. The Kier molecular flexibility index (Phi) is 6.71. The van der Waals surface area contributed by atoms with Crippen molar-refractivity contribution in [3.05, 3.63) is 59.7 Å². The summed E-state index contributed by atoms with van der Waals surface area (Å²) >= 11 is 0. The van der Waals surface area contributed by atoms with Crippen LogP contribution in [0.3, 0.4) is 0 Å². The van der Waals surface area contributed by atoms with Crippen LogP contribution in [0.4, 0.5) is 0 Å². The van der Waals surface area contributed by atoms with Crippen molar-refractivity contribution in [3.8, 4) is 11.5 Å². The number of likely N-dealkylation sites (tertiary alicyclic amines) is 1. The molecule has 3 N–H and O–H groups in total. The second kappa shape index (κ2) is 9.42. The molecule has 1 heterocycles. The Morgan fingerprint density at radius 2 is 1.74 bits per heavy atom. The maximum Gasteiger partial charge on any atom is 0.224 e. The van der Waals surface area contributed by atoms with E-state index in [2.05, 4.69) is 34.5 Å². The number of piperidine rings is 1. The summed E-state index contributed by atoms with van der Waals surface area (Å²) in [4.78, 5) is 14.7. The molecule has 2 aromatic rings. The number of carbonyl (C=O) groups is 1. The summed E-state index contributed by atoms with van der Waals surface area (Å²) in [6.45, 7) is 3.13. The average Bonchev–Trinajstić information content (AvgIpc) is 2.67. The van der Waals surface area contributed by atoms with Gasteiger partial charge in [0.25, 0.3) is 0 Å². The number of benzene rings is 2. The van der Waals surface area contributed by atoms with E-state index in [1.165, 1.54) is 17.7 Å². The number of hydrogen-bond donors (Lipinski definition) is 3. The van der Waals surface area contributed by atoms with Gasteiger partial charge in [0.15, 0.2) is 11.5 Å². The number of phenolic OH excluding ortho intramolecular Hbond substituents is 2. The van der Waals surface area contributed by atoms with E-state index in [0.29, 0.717) is 5.56 Å². The summed E-state index contributed by atoms with van der Waals surface area (Å²) in [5.74, 6) is -0.398. The van der Waals surface area contributed by atoms with Crippen molar-refractivity contribution in [3.63, 3.8) is 0 Å². The van der Waals surface area contributed by atoms with Gasteiger partial charge in [0.2, 0.25) is 5.91 Å². The number of carbonyl (C=O) groups excluding carboxylic acids is 1. The fourth-order valence-corrected chi connectivity index (χ4v) is 3.60. The lowest BCUT2D eigenvalue weighted by Crippen LogP contribution is -2.45. The van der Waals surface area contributed by atoms with E-state index in [1.807, 2.05) is 6.07 Å². The second-order valence-corrected chi connectivity index (χ2v) is 7.27. The Balaban J connectivity index is 1.35. The van der Waals surface area contributed by atoms with E-state index in [-0.39, 0.29) is 29.9 Å². The predicted octanol–water partition coefficient (Wildman–Crippen LogP) is 2.85. The second-order valence-electron chi connectivity index (χ2n) is 7.27. The van der Waals surface area contributed by atoms with Crippen LogP contribution in [0, 0.1) is 0 Å². The van der Waals surface area contributed by atoms with Crippen LogP contribution in [0.25, 0.3) is 0 Å². The Morgan fingerprint density at radius 3 is 2.44 bits per heavy atom. The zero-order valence-electron chi connectivity index (χ0n) is 15.6. The van der Waals surface area contributed by atoms with E-state index in [9.17, 15) is 15.0 Å². The molecule has 0 radical (unpaired) electrons. The molecule has 2 aromatic carbocycles. The summed E-state index contributed by atoms with van der Waals surface area (Å²) in [6.07, 6.45) is 4.42. The Hall–Kier alpha value is -2.53. The molecule has 1 aliphatic rings. The number of aryl methyl sites for hydroxylation is 1. The molecule has 0 bridgehead atoms. The zero-order valence-corrected chi connectivity index (χ0v) is 15.6. The lowest BCUT2D eigenvalue weighted by molar-refractivity contribution is -0.121. The fraction of sp³-hybridized carbons (Fsp3) is 0.409. The SMILES string of the molecule is O=C(Cc1ccc(O)c(O)c1)NC1CCN(CCCc2ccccc2)CC1. The van der Waals surface area contributed by atoms with Gasteiger partial charge < -0.3 is 20.4 Å². The lowest BCUT2D eigenvalue weighted by atomic mass is 10.0. The molecule has 1 fully saturated rings. The number of rotatable bonds is 7. The number of phenols is 2. The molecule has 1 amide bonds. The lowest BCUT2D eigenvalue weighted by Gasteiger charge is -2.32. The van der Waals surface area contributed by atoms with Crippen LogP contribution >= 0.6 is 0 Å². The molecule has 0 aliphatic carbocycles. The Labute approximate surface area is 160 Å². The van der Waals surface area contributed by atoms with Crippen LogP contribution < -0.4 is 5.32 Å². The number of nitrogens with one attached hydrogen (secondary N) is 1. The molecule has 5 heteroatoms. The first kappa shape index (κ1) is 19.2. The summed E-state index contributed by atoms with van der Waals surface area (Å²) in [5.41, 5.74) is 2.08. The Bertz CT molecular complexity index is 740. The number of aromatic hydroxyl groups is 2. The van der Waals surface area contributed by atoms with Gasteiger partial charge in [-0.05, 0) is 55.5 Å². The number of nitrogens with zero attached hydrogens (tertiary/aromatic N) is 1. The van der Waals surface area contributed by atoms with E-state index < -0.39 is 0 Å². The summed E-state index contributed by atoms with van der Waals surface area (Å²) in [6, 6.07) is 15.3. The average molecular weight is 368 g/mol. The molecule has 5 nitrogen and oxygen atoms in total. The van der Waals surface area contributed by atoms with E-state index in [4.69, 9.17) is 0 Å². The smallest absolute Gasteiger partial charge is 0.224 e. The third-order valence-electron chi connectivity index (χ3n) is 5.14. The first-order valence-corrected chi connectivity index (χ1v) is 9.66. The number of hydrogen-bond acceptors (Lipinski definition) is 4. The molecule has 0 saturated carbocycles. The van der Waals surface area contributed by atoms with Gasteiger partial charge in [-0.3, -0.25) is 4.79 Å². The van der Waals surface area contributed by atoms with Gasteiger partial charge in [0.05, 0.1) is 6.42 Å². The van der Waals surface area contributed by atoms with Crippen molar-refractivity contribution in [2.75, 3.05) is 19.6 Å². The van der Waals surface area contributed by atoms with Gasteiger partial charge in [-0.2, -0.15) is 0 Å². The summed E-state index contributed by atoms with van der Waals surface area (Å²) in [5, 5.41) is 21.9. The van der Waals surface area contributed by atoms with Gasteiger partial charge in [-0.25, -0.2) is 0 Å². The summed E-state index contributed by atoms with van der Waals surface area (Å²) < 4.78 is 0. The number of amides is 1. The van der Waals surface area contributed by atoms with Crippen molar-refractivity contribution < 1.29 is 15.0 Å². The highest BCUT2D eigenvalue weighted by atomic mass is 16.3.